The monoisotopic (exact) mass is 575 g/mol. The number of thioether (sulfide) groups is 1. The second-order valence-electron chi connectivity index (χ2n) is 6.80. The summed E-state index contributed by atoms with van der Waals surface area (Å²) < 4.78 is 8.46. The molecule has 1 amide bonds. The summed E-state index contributed by atoms with van der Waals surface area (Å²) in [6.07, 6.45) is 1.61. The van der Waals surface area contributed by atoms with E-state index >= 15 is 0 Å². The molecule has 0 atom stereocenters. The molecular weight excluding hydrogens is 558 g/mol. The summed E-state index contributed by atoms with van der Waals surface area (Å²) in [5, 5.41) is 14.0. The molecule has 11 heteroatoms. The van der Waals surface area contributed by atoms with Crippen molar-refractivity contribution in [2.45, 2.75) is 12.1 Å². The van der Waals surface area contributed by atoms with Crippen molar-refractivity contribution in [3.05, 3.63) is 74.3 Å². The molecule has 0 saturated heterocycles. The number of thiophene rings is 1. The number of carbonyl (C=O) groups is 1. The van der Waals surface area contributed by atoms with Crippen LogP contribution in [0.2, 0.25) is 5.02 Å². The summed E-state index contributed by atoms with van der Waals surface area (Å²) in [5.74, 6) is 1.30. The predicted molar refractivity (Wildman–Crippen MR) is 141 cm³/mol. The van der Waals surface area contributed by atoms with E-state index in [-0.39, 0.29) is 11.7 Å². The zero-order valence-electron chi connectivity index (χ0n) is 17.9. The van der Waals surface area contributed by atoms with Gasteiger partial charge in [0.1, 0.15) is 5.75 Å². The van der Waals surface area contributed by atoms with E-state index in [0.717, 1.165) is 25.7 Å². The molecule has 174 valence electrons. The maximum atomic E-state index is 12.4. The van der Waals surface area contributed by atoms with E-state index in [4.69, 9.17) is 16.3 Å². The fourth-order valence-electron chi connectivity index (χ4n) is 2.97. The highest BCUT2D eigenvalue weighted by Crippen LogP contribution is 2.29. The van der Waals surface area contributed by atoms with Crippen LogP contribution in [0.1, 0.15) is 11.8 Å². The van der Waals surface area contributed by atoms with E-state index in [1.807, 2.05) is 60.0 Å². The van der Waals surface area contributed by atoms with Crippen molar-refractivity contribution in [3.63, 3.8) is 0 Å². The van der Waals surface area contributed by atoms with Crippen molar-refractivity contribution < 1.29 is 9.53 Å². The first-order valence-electron chi connectivity index (χ1n) is 10.2. The molecule has 0 spiro atoms. The number of amides is 1. The maximum Gasteiger partial charge on any atom is 0.250 e. The van der Waals surface area contributed by atoms with Crippen molar-refractivity contribution in [2.24, 2.45) is 5.10 Å². The minimum atomic E-state index is -0.244. The molecule has 34 heavy (non-hydrogen) atoms. The Balaban J connectivity index is 1.53. The average Bonchev–Trinajstić information content (AvgIpc) is 3.45. The molecule has 0 bridgehead atoms. The van der Waals surface area contributed by atoms with E-state index in [0.29, 0.717) is 22.6 Å². The molecule has 4 rings (SSSR count). The maximum absolute atomic E-state index is 12.4. The van der Waals surface area contributed by atoms with Crippen LogP contribution in [-0.4, -0.2) is 39.2 Å². The Labute approximate surface area is 218 Å². The number of rotatable bonds is 9. The van der Waals surface area contributed by atoms with Crippen LogP contribution in [0.3, 0.4) is 0 Å². The van der Waals surface area contributed by atoms with Gasteiger partial charge in [-0.2, -0.15) is 5.10 Å². The lowest BCUT2D eigenvalue weighted by atomic mass is 10.2. The van der Waals surface area contributed by atoms with Crippen molar-refractivity contribution >= 4 is 62.8 Å². The Kier molecular flexibility index (Phi) is 8.39. The van der Waals surface area contributed by atoms with E-state index in [2.05, 4.69) is 36.7 Å². The number of hydrogen-bond acceptors (Lipinski definition) is 7. The molecule has 0 aliphatic rings. The molecule has 4 aromatic rings. The fourth-order valence-corrected chi connectivity index (χ4v) is 5.13. The Morgan fingerprint density at radius 1 is 1.18 bits per heavy atom. The Hall–Kier alpha value is -2.66. The lowest BCUT2D eigenvalue weighted by molar-refractivity contribution is -0.118. The minimum absolute atomic E-state index is 0.126. The van der Waals surface area contributed by atoms with Crippen LogP contribution < -0.4 is 10.2 Å². The number of nitrogens with zero attached hydrogens (tertiary/aromatic N) is 4. The van der Waals surface area contributed by atoms with Crippen LogP contribution in [0.25, 0.3) is 17.1 Å². The van der Waals surface area contributed by atoms with Crippen LogP contribution in [0.15, 0.2) is 74.7 Å². The molecule has 0 aliphatic carbocycles. The lowest BCUT2D eigenvalue weighted by Crippen LogP contribution is -2.19. The first kappa shape index (κ1) is 24.5. The topological polar surface area (TPSA) is 81.4 Å². The summed E-state index contributed by atoms with van der Waals surface area (Å²) in [4.78, 5) is 13.3. The standard InChI is InChI=1S/C23H19BrClN5O2S2/c1-2-32-18-9-7-17(8-10-18)30-22(15-3-5-16(25)6-4-15)28-29-23(30)33-14-21(31)27-26-13-19-11-12-20(24)34-19/h3-13H,2,14H2,1H3,(H,27,31)/b26-13-. The zero-order chi connectivity index (χ0) is 23.9. The average molecular weight is 577 g/mol. The first-order chi connectivity index (χ1) is 16.5. The molecule has 1 N–H and O–H groups in total. The molecule has 7 nitrogen and oxygen atoms in total. The molecule has 2 heterocycles. The smallest absolute Gasteiger partial charge is 0.250 e. The van der Waals surface area contributed by atoms with Crippen LogP contribution >= 0.6 is 50.6 Å². The number of nitrogens with one attached hydrogen (secondary N) is 1. The van der Waals surface area contributed by atoms with Crippen molar-refractivity contribution in [2.75, 3.05) is 12.4 Å². The summed E-state index contributed by atoms with van der Waals surface area (Å²) in [6, 6.07) is 18.9. The molecule has 0 unspecified atom stereocenters. The van der Waals surface area contributed by atoms with Gasteiger partial charge >= 0.3 is 0 Å². The highest BCUT2D eigenvalue weighted by molar-refractivity contribution is 9.11. The van der Waals surface area contributed by atoms with Gasteiger partial charge in [0.05, 0.1) is 22.4 Å². The normalized spacial score (nSPS) is 11.1. The zero-order valence-corrected chi connectivity index (χ0v) is 21.9. The van der Waals surface area contributed by atoms with Crippen LogP contribution in [-0.2, 0) is 4.79 Å². The van der Waals surface area contributed by atoms with Gasteiger partial charge in [0.25, 0.3) is 5.91 Å². The summed E-state index contributed by atoms with van der Waals surface area (Å²) in [5.41, 5.74) is 4.25. The molecule has 2 aromatic carbocycles. The molecule has 0 aliphatic heterocycles. The number of hydrazone groups is 1. The van der Waals surface area contributed by atoms with E-state index in [9.17, 15) is 4.79 Å². The van der Waals surface area contributed by atoms with Crippen LogP contribution in [0.5, 0.6) is 5.75 Å². The van der Waals surface area contributed by atoms with Gasteiger partial charge in [0.2, 0.25) is 0 Å². The Morgan fingerprint density at radius 3 is 2.62 bits per heavy atom. The fraction of sp³-hybridized carbons (Fsp3) is 0.130. The van der Waals surface area contributed by atoms with Crippen molar-refractivity contribution in [3.8, 4) is 22.8 Å². The SMILES string of the molecule is CCOc1ccc(-n2c(SCC(=O)N/N=C\c3ccc(Br)s3)nnc2-c2ccc(Cl)cc2)cc1. The third kappa shape index (κ3) is 6.26. The molecular formula is C23H19BrClN5O2S2. The highest BCUT2D eigenvalue weighted by Gasteiger charge is 2.17. The largest absolute Gasteiger partial charge is 0.494 e. The number of benzene rings is 2. The Morgan fingerprint density at radius 2 is 1.94 bits per heavy atom. The molecule has 2 aromatic heterocycles. The number of halogens is 2. The van der Waals surface area contributed by atoms with Crippen LogP contribution in [0, 0.1) is 0 Å². The van der Waals surface area contributed by atoms with Gasteiger partial charge in [0, 0.05) is 21.2 Å². The summed E-state index contributed by atoms with van der Waals surface area (Å²) in [6.45, 7) is 2.53. The number of hydrogen-bond donors (Lipinski definition) is 1. The van der Waals surface area contributed by atoms with Gasteiger partial charge < -0.3 is 4.74 Å². The van der Waals surface area contributed by atoms with Crippen molar-refractivity contribution in [1.29, 1.82) is 0 Å². The van der Waals surface area contributed by atoms with E-state index in [1.54, 1.807) is 18.3 Å². The molecule has 0 fully saturated rings. The third-order valence-electron chi connectivity index (χ3n) is 4.45. The lowest BCUT2D eigenvalue weighted by Gasteiger charge is -2.11. The van der Waals surface area contributed by atoms with E-state index < -0.39 is 0 Å². The third-order valence-corrected chi connectivity index (χ3v) is 7.19. The van der Waals surface area contributed by atoms with Gasteiger partial charge in [-0.05, 0) is 83.5 Å². The van der Waals surface area contributed by atoms with Gasteiger partial charge in [-0.3, -0.25) is 9.36 Å². The van der Waals surface area contributed by atoms with Gasteiger partial charge in [0.15, 0.2) is 11.0 Å². The first-order valence-corrected chi connectivity index (χ1v) is 13.2. The minimum Gasteiger partial charge on any atom is -0.494 e. The van der Waals surface area contributed by atoms with Crippen LogP contribution in [0.4, 0.5) is 0 Å². The number of aromatic nitrogens is 3. The Bertz CT molecular complexity index is 1290. The van der Waals surface area contributed by atoms with Crippen molar-refractivity contribution in [1.82, 2.24) is 20.2 Å². The second kappa shape index (κ2) is 11.7. The van der Waals surface area contributed by atoms with Gasteiger partial charge in [-0.1, -0.05) is 23.4 Å². The highest BCUT2D eigenvalue weighted by atomic mass is 79.9. The van der Waals surface area contributed by atoms with E-state index in [1.165, 1.54) is 23.1 Å². The molecule has 0 saturated carbocycles. The quantitative estimate of drug-likeness (QED) is 0.149. The predicted octanol–water partition coefficient (Wildman–Crippen LogP) is 6.05. The molecule has 0 radical (unpaired) electrons. The summed E-state index contributed by atoms with van der Waals surface area (Å²) in [7, 11) is 0. The van der Waals surface area contributed by atoms with Gasteiger partial charge in [-0.25, -0.2) is 5.43 Å². The van der Waals surface area contributed by atoms with Gasteiger partial charge in [-0.15, -0.1) is 21.5 Å². The second-order valence-corrected chi connectivity index (χ2v) is 10.7. The summed E-state index contributed by atoms with van der Waals surface area (Å²) >= 11 is 12.3. The number of carbonyl (C=O) groups excluding carboxylic acids is 1. The number of ether oxygens (including phenoxy) is 1.